The fourth-order valence-electron chi connectivity index (χ4n) is 7.65. The first-order valence-electron chi connectivity index (χ1n) is 13.7. The van der Waals surface area contributed by atoms with Crippen LogP contribution in [0.2, 0.25) is 0 Å². The van der Waals surface area contributed by atoms with Crippen molar-refractivity contribution in [2.75, 3.05) is 7.11 Å². The Bertz CT molecular complexity index is 1760. The van der Waals surface area contributed by atoms with Crippen LogP contribution in [0.1, 0.15) is 74.3 Å². The quantitative estimate of drug-likeness (QED) is 0.224. The van der Waals surface area contributed by atoms with E-state index in [1.54, 1.807) is 6.92 Å². The lowest BCUT2D eigenvalue weighted by molar-refractivity contribution is -0.175. The van der Waals surface area contributed by atoms with Crippen molar-refractivity contribution in [1.82, 2.24) is 0 Å². The number of ether oxygens (including phenoxy) is 3. The third kappa shape index (κ3) is 3.14. The Morgan fingerprint density at radius 3 is 2.49 bits per heavy atom. The van der Waals surface area contributed by atoms with E-state index in [-0.39, 0.29) is 52.8 Å². The van der Waals surface area contributed by atoms with Gasteiger partial charge in [0.05, 0.1) is 36.5 Å². The summed E-state index contributed by atoms with van der Waals surface area (Å²) in [5, 5.41) is 45.9. The van der Waals surface area contributed by atoms with Crippen LogP contribution in [0.4, 0.5) is 0 Å². The monoisotopic (exact) mass is 590 g/mol. The average molecular weight is 591 g/mol. The van der Waals surface area contributed by atoms with Crippen molar-refractivity contribution < 1.29 is 58.6 Å². The first kappa shape index (κ1) is 27.3. The summed E-state index contributed by atoms with van der Waals surface area (Å²) in [5.74, 6) is -7.22. The van der Waals surface area contributed by atoms with Gasteiger partial charge in [-0.15, -0.1) is 0 Å². The largest absolute Gasteiger partial charge is 0.507 e. The zero-order valence-corrected chi connectivity index (χ0v) is 23.0. The molecule has 0 amide bonds. The van der Waals surface area contributed by atoms with Crippen molar-refractivity contribution in [2.45, 2.75) is 61.9 Å². The van der Waals surface area contributed by atoms with Gasteiger partial charge in [-0.2, -0.15) is 0 Å². The van der Waals surface area contributed by atoms with Crippen molar-refractivity contribution in [1.29, 1.82) is 0 Å². The van der Waals surface area contributed by atoms with Crippen molar-refractivity contribution >= 4 is 29.3 Å². The van der Waals surface area contributed by atoms with Gasteiger partial charge in [0, 0.05) is 12.0 Å². The molecule has 1 fully saturated rings. The SMILES string of the molecule is COC(=O)[C@]1([C@@H]2CCC(=O)O2)CC(=O)c2c(cc3c(c2O)[C@@H]2C=C[C@@]4(C3)[C@@H](O)c3cc(C)cc(O)c3C(=O)[C@@]4(O)C2=O)O1. The topological polar surface area (TPSA) is 194 Å². The number of rotatable bonds is 2. The molecule has 2 aromatic carbocycles. The molecule has 0 radical (unpaired) electrons. The molecule has 1 spiro atoms. The van der Waals surface area contributed by atoms with Gasteiger partial charge >= 0.3 is 11.9 Å². The van der Waals surface area contributed by atoms with Crippen LogP contribution in [0.3, 0.4) is 0 Å². The number of aliphatic hydroxyl groups is 2. The molecule has 4 N–H and O–H groups in total. The Morgan fingerprint density at radius 1 is 1.07 bits per heavy atom. The zero-order valence-electron chi connectivity index (χ0n) is 23.0. The van der Waals surface area contributed by atoms with Gasteiger partial charge in [-0.25, -0.2) is 4.79 Å². The molecule has 6 aliphatic rings. The number of hydrogen-bond donors (Lipinski definition) is 4. The Morgan fingerprint density at radius 2 is 1.81 bits per heavy atom. The number of methoxy groups -OCH3 is 1. The molecule has 2 bridgehead atoms. The number of allylic oxidation sites excluding steroid dienone is 1. The van der Waals surface area contributed by atoms with Gasteiger partial charge in [0.25, 0.3) is 0 Å². The van der Waals surface area contributed by atoms with Crippen LogP contribution < -0.4 is 4.74 Å². The number of phenols is 2. The van der Waals surface area contributed by atoms with E-state index in [1.165, 1.54) is 30.4 Å². The number of carbonyl (C=O) groups is 5. The molecule has 43 heavy (non-hydrogen) atoms. The number of aryl methyl sites for hydroxylation is 1. The lowest BCUT2D eigenvalue weighted by atomic mass is 9.53. The van der Waals surface area contributed by atoms with Gasteiger partial charge in [0.15, 0.2) is 23.3 Å². The number of hydrogen-bond acceptors (Lipinski definition) is 12. The van der Waals surface area contributed by atoms with E-state index >= 15 is 0 Å². The molecular weight excluding hydrogens is 564 g/mol. The number of aromatic hydroxyl groups is 2. The number of aliphatic hydroxyl groups excluding tert-OH is 1. The second kappa shape index (κ2) is 8.51. The summed E-state index contributed by atoms with van der Waals surface area (Å²) in [7, 11) is 1.09. The van der Waals surface area contributed by atoms with Crippen LogP contribution in [0.25, 0.3) is 0 Å². The van der Waals surface area contributed by atoms with E-state index in [2.05, 4.69) is 0 Å². The van der Waals surface area contributed by atoms with Crippen LogP contribution in [-0.4, -0.2) is 74.1 Å². The summed E-state index contributed by atoms with van der Waals surface area (Å²) in [5.41, 5.74) is -6.89. The molecule has 8 rings (SSSR count). The fraction of sp³-hybridized carbons (Fsp3) is 0.387. The third-order valence-corrected chi connectivity index (χ3v) is 9.64. The number of esters is 2. The first-order valence-corrected chi connectivity index (χ1v) is 13.7. The molecule has 6 atom stereocenters. The van der Waals surface area contributed by atoms with Crippen molar-refractivity contribution in [2.24, 2.45) is 5.41 Å². The predicted molar refractivity (Wildman–Crippen MR) is 142 cm³/mol. The summed E-state index contributed by atoms with van der Waals surface area (Å²) in [6, 6.07) is 4.10. The van der Waals surface area contributed by atoms with Gasteiger partial charge < -0.3 is 34.6 Å². The van der Waals surface area contributed by atoms with Crippen LogP contribution in [0, 0.1) is 12.3 Å². The van der Waals surface area contributed by atoms with Crippen LogP contribution in [0.5, 0.6) is 17.2 Å². The minimum Gasteiger partial charge on any atom is -0.507 e. The molecule has 4 aliphatic carbocycles. The lowest BCUT2D eigenvalue weighted by Gasteiger charge is -2.51. The second-order valence-corrected chi connectivity index (χ2v) is 11.9. The van der Waals surface area contributed by atoms with E-state index in [1.807, 2.05) is 0 Å². The molecule has 2 aliphatic heterocycles. The highest BCUT2D eigenvalue weighted by Gasteiger charge is 2.70. The molecular formula is C31H26O12. The molecule has 222 valence electrons. The molecule has 2 aromatic rings. The number of carbonyl (C=O) groups excluding carboxylic acids is 5. The van der Waals surface area contributed by atoms with E-state index in [0.717, 1.165) is 7.11 Å². The van der Waals surface area contributed by atoms with Gasteiger partial charge in [-0.05, 0) is 48.6 Å². The maximum absolute atomic E-state index is 14.1. The van der Waals surface area contributed by atoms with Crippen molar-refractivity contribution in [3.8, 4) is 17.2 Å². The minimum atomic E-state index is -2.84. The summed E-state index contributed by atoms with van der Waals surface area (Å²) in [6.07, 6.45) is -1.01. The van der Waals surface area contributed by atoms with Crippen molar-refractivity contribution in [3.63, 3.8) is 0 Å². The Hall–Kier alpha value is -4.55. The van der Waals surface area contributed by atoms with Crippen LogP contribution in [-0.2, 0) is 30.3 Å². The van der Waals surface area contributed by atoms with E-state index in [0.29, 0.717) is 5.56 Å². The standard InChI is InChI=1S/C31H26O12/c1-12-7-15-22(16(32)8-12)27(38)31(40)26(37)14-5-6-29(31,25(15)36)10-13-9-18-23(24(35)21(13)14)17(33)11-30(43-18,28(39)41-2)19-3-4-20(34)42-19/h5-9,14,19,25,32,35-36,40H,3-4,10-11H2,1-2H3/t14-,19-,25-,29+,30+,31-/m0/s1. The smallest absolute Gasteiger partial charge is 0.354 e. The Labute approximate surface area is 243 Å². The zero-order chi connectivity index (χ0) is 30.8. The molecule has 0 aromatic heterocycles. The van der Waals surface area contributed by atoms with E-state index in [4.69, 9.17) is 14.2 Å². The fourth-order valence-corrected chi connectivity index (χ4v) is 7.65. The molecule has 2 heterocycles. The highest BCUT2D eigenvalue weighted by Crippen LogP contribution is 2.62. The van der Waals surface area contributed by atoms with Crippen LogP contribution >= 0.6 is 0 Å². The Kier molecular flexibility index (Phi) is 5.40. The lowest BCUT2D eigenvalue weighted by Crippen LogP contribution is -2.66. The molecule has 1 saturated heterocycles. The van der Waals surface area contributed by atoms with Crippen molar-refractivity contribution in [3.05, 3.63) is 63.7 Å². The van der Waals surface area contributed by atoms with E-state index < -0.39 is 82.0 Å². The molecule has 12 nitrogen and oxygen atoms in total. The number of phenolic OH excluding ortho intramolecular Hbond substituents is 2. The predicted octanol–water partition coefficient (Wildman–Crippen LogP) is 1.41. The normalized spacial score (nSPS) is 33.5. The Balaban J connectivity index is 1.43. The third-order valence-electron chi connectivity index (χ3n) is 9.64. The average Bonchev–Trinajstić information content (AvgIpc) is 3.29. The highest BCUT2D eigenvalue weighted by atomic mass is 16.6. The number of Topliss-reactive ketones (excluding diaryl/α,β-unsaturated/α-hetero) is 3. The summed E-state index contributed by atoms with van der Waals surface area (Å²) in [4.78, 5) is 66.6. The van der Waals surface area contributed by atoms with Gasteiger partial charge in [0.2, 0.25) is 11.4 Å². The van der Waals surface area contributed by atoms with Gasteiger partial charge in [-0.1, -0.05) is 18.2 Å². The van der Waals surface area contributed by atoms with Crippen LogP contribution in [0.15, 0.2) is 30.4 Å². The number of cyclic esters (lactones) is 1. The van der Waals surface area contributed by atoms with Gasteiger partial charge in [-0.3, -0.25) is 19.2 Å². The summed E-state index contributed by atoms with van der Waals surface area (Å²) in [6.45, 7) is 1.64. The van der Waals surface area contributed by atoms with Gasteiger partial charge in [0.1, 0.15) is 22.8 Å². The van der Waals surface area contributed by atoms with E-state index in [9.17, 15) is 44.4 Å². The second-order valence-electron chi connectivity index (χ2n) is 11.9. The maximum atomic E-state index is 14.1. The number of ketones is 3. The number of fused-ring (bicyclic) bond motifs is 2. The highest BCUT2D eigenvalue weighted by molar-refractivity contribution is 6.24. The maximum Gasteiger partial charge on any atom is 0.354 e. The number of benzene rings is 2. The molecule has 12 heteroatoms. The molecule has 0 unspecified atom stereocenters. The first-order chi connectivity index (χ1) is 20.3. The minimum absolute atomic E-state index is 0.0117. The summed E-state index contributed by atoms with van der Waals surface area (Å²) >= 11 is 0. The molecule has 0 saturated carbocycles. The summed E-state index contributed by atoms with van der Waals surface area (Å²) < 4.78 is 16.4.